The van der Waals surface area contributed by atoms with E-state index in [9.17, 15) is 13.2 Å². The zero-order valence-electron chi connectivity index (χ0n) is 14.9. The van der Waals surface area contributed by atoms with Gasteiger partial charge in [0.2, 0.25) is 5.78 Å². The third kappa shape index (κ3) is 2.59. The van der Waals surface area contributed by atoms with Crippen LogP contribution in [0.2, 0.25) is 0 Å². The second-order valence-corrected chi connectivity index (χ2v) is 8.24. The van der Waals surface area contributed by atoms with Gasteiger partial charge in [-0.15, -0.1) is 0 Å². The number of aryl methyl sites for hydroxylation is 2. The molecule has 2 aromatic rings. The normalized spacial score (nSPS) is 18.1. The summed E-state index contributed by atoms with van der Waals surface area (Å²) in [5.74, 6) is -0.290. The quantitative estimate of drug-likeness (QED) is 0.773. The lowest BCUT2D eigenvalue weighted by Gasteiger charge is -2.34. The molecule has 1 aliphatic rings. The Labute approximate surface area is 147 Å². The summed E-state index contributed by atoms with van der Waals surface area (Å²) in [5, 5.41) is 4.34. The summed E-state index contributed by atoms with van der Waals surface area (Å²) in [4.78, 5) is 13.1. The van der Waals surface area contributed by atoms with E-state index in [4.69, 9.17) is 0 Å². The van der Waals surface area contributed by atoms with E-state index in [-0.39, 0.29) is 28.0 Å². The van der Waals surface area contributed by atoms with Gasteiger partial charge in [-0.05, 0) is 45.9 Å². The van der Waals surface area contributed by atoms with Crippen molar-refractivity contribution in [3.05, 3.63) is 52.5 Å². The lowest BCUT2D eigenvalue weighted by atomic mass is 10.0. The molecule has 0 bridgehead atoms. The number of benzene rings is 1. The van der Waals surface area contributed by atoms with Crippen molar-refractivity contribution in [1.29, 1.82) is 0 Å². The van der Waals surface area contributed by atoms with Crippen LogP contribution in [-0.4, -0.2) is 34.3 Å². The predicted molar refractivity (Wildman–Crippen MR) is 95.6 cm³/mol. The number of hydrogen-bond acceptors (Lipinski definition) is 4. The topological polar surface area (TPSA) is 72.3 Å². The minimum absolute atomic E-state index is 0.0606. The minimum Gasteiger partial charge on any atom is -0.287 e. The molecule has 0 fully saturated rings. The minimum atomic E-state index is -3.79. The summed E-state index contributed by atoms with van der Waals surface area (Å²) in [6, 6.07) is 5.96. The molecule has 0 radical (unpaired) electrons. The Morgan fingerprint density at radius 1 is 1.16 bits per heavy atom. The van der Waals surface area contributed by atoms with Crippen LogP contribution in [0.5, 0.6) is 0 Å². The number of fused-ring (bicyclic) bond motifs is 1. The Balaban J connectivity index is 2.32. The van der Waals surface area contributed by atoms with Crippen LogP contribution in [0.1, 0.15) is 41.2 Å². The van der Waals surface area contributed by atoms with E-state index in [1.807, 2.05) is 20.9 Å². The van der Waals surface area contributed by atoms with Gasteiger partial charge in [-0.3, -0.25) is 13.8 Å². The van der Waals surface area contributed by atoms with Crippen molar-refractivity contribution in [2.45, 2.75) is 38.6 Å². The van der Waals surface area contributed by atoms with Crippen LogP contribution in [0.15, 0.2) is 34.9 Å². The van der Waals surface area contributed by atoms with Gasteiger partial charge in [-0.25, -0.2) is 8.42 Å². The molecule has 0 atom stereocenters. The number of carbonyl (C=O) groups is 1. The maximum Gasteiger partial charge on any atom is 0.265 e. The summed E-state index contributed by atoms with van der Waals surface area (Å²) in [6.07, 6.45) is 1.65. The zero-order chi connectivity index (χ0) is 18.5. The Morgan fingerprint density at radius 3 is 2.36 bits per heavy atom. The number of sulfonamides is 1. The maximum atomic E-state index is 13.1. The molecule has 0 amide bonds. The highest BCUT2D eigenvalue weighted by Gasteiger charge is 2.40. The van der Waals surface area contributed by atoms with Crippen molar-refractivity contribution < 1.29 is 13.2 Å². The Kier molecular flexibility index (Phi) is 4.07. The molecular formula is C18H21N3O3S. The summed E-state index contributed by atoms with van der Waals surface area (Å²) < 4.78 is 29.1. The van der Waals surface area contributed by atoms with Crippen LogP contribution in [0.3, 0.4) is 0 Å². The Bertz CT molecular complexity index is 1000. The Hall–Kier alpha value is -2.41. The van der Waals surface area contributed by atoms with Gasteiger partial charge in [0, 0.05) is 29.9 Å². The molecule has 1 aliphatic heterocycles. The average Bonchev–Trinajstić information content (AvgIpc) is 2.78. The Morgan fingerprint density at radius 2 is 1.80 bits per heavy atom. The lowest BCUT2D eigenvalue weighted by Crippen LogP contribution is -2.43. The molecule has 0 unspecified atom stereocenters. The second kappa shape index (κ2) is 5.84. The highest BCUT2D eigenvalue weighted by molar-refractivity contribution is 7.89. The first-order valence-corrected chi connectivity index (χ1v) is 9.50. The fraction of sp³-hybridized carbons (Fsp3) is 0.333. The van der Waals surface area contributed by atoms with Crippen molar-refractivity contribution in [2.24, 2.45) is 7.05 Å². The SMILES string of the molecule is Cc1nn(C)c(C)c1C=C1C(=O)c2ccccc2S(=O)(=O)N1C(C)C. The first-order valence-electron chi connectivity index (χ1n) is 8.06. The van der Waals surface area contributed by atoms with E-state index in [1.165, 1.54) is 10.4 Å². The number of carbonyl (C=O) groups excluding carboxylic acids is 1. The molecule has 7 heteroatoms. The van der Waals surface area contributed by atoms with Gasteiger partial charge < -0.3 is 0 Å². The van der Waals surface area contributed by atoms with E-state index in [2.05, 4.69) is 5.10 Å². The highest BCUT2D eigenvalue weighted by atomic mass is 32.2. The van der Waals surface area contributed by atoms with Gasteiger partial charge in [0.05, 0.1) is 10.6 Å². The molecule has 6 nitrogen and oxygen atoms in total. The number of allylic oxidation sites excluding steroid dienone is 1. The molecule has 1 aromatic heterocycles. The fourth-order valence-corrected chi connectivity index (χ4v) is 5.02. The van der Waals surface area contributed by atoms with Crippen LogP contribution < -0.4 is 0 Å². The molecule has 25 heavy (non-hydrogen) atoms. The van der Waals surface area contributed by atoms with Gasteiger partial charge in [0.1, 0.15) is 5.70 Å². The third-order valence-electron chi connectivity index (χ3n) is 4.45. The van der Waals surface area contributed by atoms with E-state index in [1.54, 1.807) is 42.8 Å². The van der Waals surface area contributed by atoms with E-state index in [0.717, 1.165) is 17.0 Å². The molecule has 1 aromatic carbocycles. The standard InChI is InChI=1S/C18H21N3O3S/c1-11(2)21-16(10-15-12(3)19-20(5)13(15)4)18(22)14-8-6-7-9-17(14)25(21,23)24/h6-11H,1-5H3. The van der Waals surface area contributed by atoms with Crippen LogP contribution in [0.25, 0.3) is 6.08 Å². The van der Waals surface area contributed by atoms with Crippen molar-refractivity contribution in [3.63, 3.8) is 0 Å². The number of hydrogen-bond donors (Lipinski definition) is 0. The largest absolute Gasteiger partial charge is 0.287 e. The second-order valence-electron chi connectivity index (χ2n) is 6.46. The molecule has 3 rings (SSSR count). The summed E-state index contributed by atoms with van der Waals surface area (Å²) in [5.41, 5.74) is 2.77. The van der Waals surface area contributed by atoms with Crippen LogP contribution in [-0.2, 0) is 17.1 Å². The number of Topliss-reactive ketones (excluding diaryl/α,β-unsaturated/α-hetero) is 1. The molecule has 2 heterocycles. The van der Waals surface area contributed by atoms with E-state index < -0.39 is 10.0 Å². The van der Waals surface area contributed by atoms with Crippen LogP contribution in [0, 0.1) is 13.8 Å². The highest BCUT2D eigenvalue weighted by Crippen LogP contribution is 2.35. The van der Waals surface area contributed by atoms with Gasteiger partial charge in [-0.1, -0.05) is 12.1 Å². The van der Waals surface area contributed by atoms with Crippen molar-refractivity contribution >= 4 is 21.9 Å². The zero-order valence-corrected chi connectivity index (χ0v) is 15.8. The first kappa shape index (κ1) is 17.4. The van der Waals surface area contributed by atoms with Crippen LogP contribution >= 0.6 is 0 Å². The third-order valence-corrected chi connectivity index (χ3v) is 6.50. The molecule has 132 valence electrons. The van der Waals surface area contributed by atoms with E-state index >= 15 is 0 Å². The number of ketones is 1. The van der Waals surface area contributed by atoms with E-state index in [0.29, 0.717) is 0 Å². The van der Waals surface area contributed by atoms with Gasteiger partial charge in [0.15, 0.2) is 0 Å². The van der Waals surface area contributed by atoms with Crippen molar-refractivity contribution in [2.75, 3.05) is 0 Å². The fourth-order valence-electron chi connectivity index (χ4n) is 3.17. The monoisotopic (exact) mass is 359 g/mol. The molecule has 0 spiro atoms. The number of nitrogens with zero attached hydrogens (tertiary/aromatic N) is 3. The summed E-state index contributed by atoms with van der Waals surface area (Å²) in [7, 11) is -1.97. The predicted octanol–water partition coefficient (Wildman–Crippen LogP) is 2.67. The van der Waals surface area contributed by atoms with Crippen molar-refractivity contribution in [1.82, 2.24) is 14.1 Å². The lowest BCUT2D eigenvalue weighted by molar-refractivity contribution is 0.0996. The smallest absolute Gasteiger partial charge is 0.265 e. The molecule has 0 N–H and O–H groups in total. The number of rotatable bonds is 2. The van der Waals surface area contributed by atoms with Gasteiger partial charge in [-0.2, -0.15) is 5.10 Å². The molecule has 0 saturated heterocycles. The van der Waals surface area contributed by atoms with Gasteiger partial charge in [0.25, 0.3) is 10.0 Å². The molecule has 0 aliphatic carbocycles. The average molecular weight is 359 g/mol. The maximum absolute atomic E-state index is 13.1. The molecular weight excluding hydrogens is 338 g/mol. The number of aromatic nitrogens is 2. The first-order chi connectivity index (χ1) is 11.7. The van der Waals surface area contributed by atoms with Crippen molar-refractivity contribution in [3.8, 4) is 0 Å². The summed E-state index contributed by atoms with van der Waals surface area (Å²) in [6.45, 7) is 7.25. The summed E-state index contributed by atoms with van der Waals surface area (Å²) >= 11 is 0. The molecule has 0 saturated carbocycles. The van der Waals surface area contributed by atoms with Crippen LogP contribution in [0.4, 0.5) is 0 Å². The van der Waals surface area contributed by atoms with Gasteiger partial charge >= 0.3 is 0 Å².